The SMILES string of the molecule is O=C(N/N=C(\c1ccc2c(c1)Cc1ccccc1-2)c1ccccc1C(=O)O)c1ccccc1. The first-order valence-electron chi connectivity index (χ1n) is 10.6. The summed E-state index contributed by atoms with van der Waals surface area (Å²) in [7, 11) is 0. The van der Waals surface area contributed by atoms with Gasteiger partial charge in [-0.1, -0.05) is 72.8 Å². The normalized spacial score (nSPS) is 12.1. The molecule has 4 aromatic rings. The fourth-order valence-corrected chi connectivity index (χ4v) is 4.21. The Morgan fingerprint density at radius 3 is 2.15 bits per heavy atom. The van der Waals surface area contributed by atoms with E-state index in [2.05, 4.69) is 22.7 Å². The maximum Gasteiger partial charge on any atom is 0.336 e. The number of fused-ring (bicyclic) bond motifs is 3. The Hall–Kier alpha value is -4.51. The maximum atomic E-state index is 12.6. The van der Waals surface area contributed by atoms with Gasteiger partial charge in [0, 0.05) is 16.7 Å². The number of rotatable bonds is 5. The third kappa shape index (κ3) is 3.92. The third-order valence-corrected chi connectivity index (χ3v) is 5.78. The Labute approximate surface area is 191 Å². The molecule has 1 aliphatic rings. The van der Waals surface area contributed by atoms with E-state index in [1.807, 2.05) is 36.4 Å². The number of nitrogens with zero attached hydrogens (tertiary/aromatic N) is 1. The molecule has 0 atom stereocenters. The van der Waals surface area contributed by atoms with Crippen molar-refractivity contribution in [1.29, 1.82) is 0 Å². The highest BCUT2D eigenvalue weighted by atomic mass is 16.4. The van der Waals surface area contributed by atoms with Crippen molar-refractivity contribution in [2.24, 2.45) is 5.10 Å². The molecule has 0 unspecified atom stereocenters. The molecule has 33 heavy (non-hydrogen) atoms. The molecular formula is C28H20N2O3. The fourth-order valence-electron chi connectivity index (χ4n) is 4.21. The van der Waals surface area contributed by atoms with E-state index in [0.29, 0.717) is 16.8 Å². The molecule has 160 valence electrons. The zero-order valence-corrected chi connectivity index (χ0v) is 17.7. The van der Waals surface area contributed by atoms with Gasteiger partial charge < -0.3 is 5.11 Å². The lowest BCUT2D eigenvalue weighted by atomic mass is 9.94. The Morgan fingerprint density at radius 1 is 0.697 bits per heavy atom. The number of carbonyl (C=O) groups excluding carboxylic acids is 1. The van der Waals surface area contributed by atoms with Gasteiger partial charge in [0.1, 0.15) is 0 Å². The molecule has 0 spiro atoms. The van der Waals surface area contributed by atoms with Crippen LogP contribution in [0.1, 0.15) is 43.0 Å². The molecule has 0 saturated heterocycles. The molecule has 0 fully saturated rings. The summed E-state index contributed by atoms with van der Waals surface area (Å²) < 4.78 is 0. The van der Waals surface area contributed by atoms with Gasteiger partial charge >= 0.3 is 5.97 Å². The van der Waals surface area contributed by atoms with Crippen LogP contribution in [0, 0.1) is 0 Å². The van der Waals surface area contributed by atoms with Gasteiger partial charge in [-0.15, -0.1) is 0 Å². The van der Waals surface area contributed by atoms with Crippen LogP contribution in [0.3, 0.4) is 0 Å². The molecule has 1 amide bonds. The van der Waals surface area contributed by atoms with E-state index < -0.39 is 5.97 Å². The molecule has 5 rings (SSSR count). The van der Waals surface area contributed by atoms with E-state index in [4.69, 9.17) is 0 Å². The lowest BCUT2D eigenvalue weighted by Crippen LogP contribution is -2.21. The maximum absolute atomic E-state index is 12.6. The second kappa shape index (κ2) is 8.55. The number of carboxylic acid groups (broad SMARTS) is 1. The second-order valence-corrected chi connectivity index (χ2v) is 7.82. The van der Waals surface area contributed by atoms with E-state index in [9.17, 15) is 14.7 Å². The first-order valence-corrected chi connectivity index (χ1v) is 10.6. The van der Waals surface area contributed by atoms with E-state index in [-0.39, 0.29) is 11.5 Å². The zero-order chi connectivity index (χ0) is 22.8. The van der Waals surface area contributed by atoms with Gasteiger partial charge in [0.05, 0.1) is 11.3 Å². The number of hydrogen-bond donors (Lipinski definition) is 2. The summed E-state index contributed by atoms with van der Waals surface area (Å²) in [6.07, 6.45) is 0.795. The average molecular weight is 432 g/mol. The molecule has 5 nitrogen and oxygen atoms in total. The highest BCUT2D eigenvalue weighted by molar-refractivity contribution is 6.18. The number of nitrogens with one attached hydrogen (secondary N) is 1. The summed E-state index contributed by atoms with van der Waals surface area (Å²) in [5, 5.41) is 14.2. The highest BCUT2D eigenvalue weighted by Gasteiger charge is 2.21. The molecule has 2 N–H and O–H groups in total. The number of carbonyl (C=O) groups is 2. The minimum Gasteiger partial charge on any atom is -0.478 e. The van der Waals surface area contributed by atoms with E-state index in [1.165, 1.54) is 17.2 Å². The van der Waals surface area contributed by atoms with E-state index >= 15 is 0 Å². The van der Waals surface area contributed by atoms with Crippen LogP contribution in [0.25, 0.3) is 11.1 Å². The molecule has 0 radical (unpaired) electrons. The van der Waals surface area contributed by atoms with E-state index in [0.717, 1.165) is 23.1 Å². The summed E-state index contributed by atoms with van der Waals surface area (Å²) >= 11 is 0. The quantitative estimate of drug-likeness (QED) is 0.298. The fraction of sp³-hybridized carbons (Fsp3) is 0.0357. The lowest BCUT2D eigenvalue weighted by Gasteiger charge is -2.12. The number of carboxylic acids is 1. The Kier molecular flexibility index (Phi) is 5.29. The largest absolute Gasteiger partial charge is 0.478 e. The number of amides is 1. The lowest BCUT2D eigenvalue weighted by molar-refractivity contribution is 0.0696. The van der Waals surface area contributed by atoms with E-state index in [1.54, 1.807) is 42.5 Å². The van der Waals surface area contributed by atoms with Crippen molar-refractivity contribution >= 4 is 17.6 Å². The van der Waals surface area contributed by atoms with Crippen molar-refractivity contribution in [3.05, 3.63) is 130 Å². The Balaban J connectivity index is 1.59. The molecule has 4 aromatic carbocycles. The average Bonchev–Trinajstić information content (AvgIpc) is 3.22. The van der Waals surface area contributed by atoms with Crippen molar-refractivity contribution in [1.82, 2.24) is 5.43 Å². The first-order chi connectivity index (χ1) is 16.1. The summed E-state index contributed by atoms with van der Waals surface area (Å²) in [5.74, 6) is -1.42. The minimum absolute atomic E-state index is 0.119. The first kappa shape index (κ1) is 20.4. The van der Waals surface area contributed by atoms with Crippen LogP contribution >= 0.6 is 0 Å². The highest BCUT2D eigenvalue weighted by Crippen LogP contribution is 2.37. The van der Waals surface area contributed by atoms with Gasteiger partial charge in [-0.05, 0) is 52.9 Å². The number of aromatic carboxylic acids is 1. The van der Waals surface area contributed by atoms with Crippen LogP contribution in [0.5, 0.6) is 0 Å². The number of benzene rings is 4. The van der Waals surface area contributed by atoms with Crippen molar-refractivity contribution < 1.29 is 14.7 Å². The number of hydrogen-bond acceptors (Lipinski definition) is 3. The molecular weight excluding hydrogens is 412 g/mol. The minimum atomic E-state index is -1.05. The standard InChI is InChI=1S/C28H20N2O3/c31-27(18-8-2-1-3-9-18)30-29-26(24-12-6-7-13-25(24)28(32)33)20-14-15-23-21(17-20)16-19-10-4-5-11-22(19)23/h1-15,17H,16H2,(H,30,31)(H,32,33)/b29-26+. The molecule has 0 heterocycles. The van der Waals surface area contributed by atoms with Crippen LogP contribution in [-0.2, 0) is 6.42 Å². The van der Waals surface area contributed by atoms with Gasteiger partial charge in [0.25, 0.3) is 5.91 Å². The van der Waals surface area contributed by atoms with Crippen LogP contribution in [0.2, 0.25) is 0 Å². The summed E-state index contributed by atoms with van der Waals surface area (Å²) in [4.78, 5) is 24.5. The Bertz CT molecular complexity index is 1410. The monoisotopic (exact) mass is 432 g/mol. The predicted molar refractivity (Wildman–Crippen MR) is 128 cm³/mol. The van der Waals surface area contributed by atoms with Crippen molar-refractivity contribution in [3.63, 3.8) is 0 Å². The van der Waals surface area contributed by atoms with Gasteiger partial charge in [-0.3, -0.25) is 4.79 Å². The van der Waals surface area contributed by atoms with Crippen LogP contribution < -0.4 is 5.43 Å². The molecule has 1 aliphatic carbocycles. The molecule has 0 aromatic heterocycles. The third-order valence-electron chi connectivity index (χ3n) is 5.78. The van der Waals surface area contributed by atoms with Crippen molar-refractivity contribution in [2.75, 3.05) is 0 Å². The summed E-state index contributed by atoms with van der Waals surface area (Å²) in [5.41, 5.74) is 9.54. The number of hydrazone groups is 1. The van der Waals surface area contributed by atoms with Crippen LogP contribution in [0.4, 0.5) is 0 Å². The molecule has 0 bridgehead atoms. The summed E-state index contributed by atoms with van der Waals surface area (Å²) in [6.45, 7) is 0. The topological polar surface area (TPSA) is 78.8 Å². The van der Waals surface area contributed by atoms with Crippen LogP contribution in [-0.4, -0.2) is 22.7 Å². The van der Waals surface area contributed by atoms with Crippen molar-refractivity contribution in [2.45, 2.75) is 6.42 Å². The molecule has 5 heteroatoms. The Morgan fingerprint density at radius 2 is 1.36 bits per heavy atom. The van der Waals surface area contributed by atoms with Crippen LogP contribution in [0.15, 0.2) is 102 Å². The molecule has 0 aliphatic heterocycles. The predicted octanol–water partition coefficient (Wildman–Crippen LogP) is 5.14. The second-order valence-electron chi connectivity index (χ2n) is 7.82. The van der Waals surface area contributed by atoms with Gasteiger partial charge in [0.2, 0.25) is 0 Å². The zero-order valence-electron chi connectivity index (χ0n) is 17.7. The van der Waals surface area contributed by atoms with Gasteiger partial charge in [-0.25, -0.2) is 10.2 Å². The smallest absolute Gasteiger partial charge is 0.336 e. The van der Waals surface area contributed by atoms with Gasteiger partial charge in [-0.2, -0.15) is 5.10 Å². The summed E-state index contributed by atoms with van der Waals surface area (Å²) in [6, 6.07) is 29.7. The molecule has 0 saturated carbocycles. The van der Waals surface area contributed by atoms with Crippen molar-refractivity contribution in [3.8, 4) is 11.1 Å². The van der Waals surface area contributed by atoms with Gasteiger partial charge in [0.15, 0.2) is 0 Å².